The highest BCUT2D eigenvalue weighted by Gasteiger charge is 2.37. The summed E-state index contributed by atoms with van der Waals surface area (Å²) in [5, 5.41) is 2.09. The fraction of sp³-hybridized carbons (Fsp3) is 0.485. The van der Waals surface area contributed by atoms with Crippen molar-refractivity contribution in [1.82, 2.24) is 9.21 Å². The summed E-state index contributed by atoms with van der Waals surface area (Å²) in [4.78, 5) is 17.5. The van der Waals surface area contributed by atoms with E-state index in [1.165, 1.54) is 14.7 Å². The Morgan fingerprint density at radius 2 is 1.50 bits per heavy atom. The summed E-state index contributed by atoms with van der Waals surface area (Å²) in [6.07, 6.45) is 1.39. The lowest BCUT2D eigenvalue weighted by molar-refractivity contribution is -0.133. The van der Waals surface area contributed by atoms with Crippen LogP contribution in [0.2, 0.25) is 0 Å². The second-order valence-corrected chi connectivity index (χ2v) is 15.9. The third-order valence-electron chi connectivity index (χ3n) is 8.08. The van der Waals surface area contributed by atoms with Crippen LogP contribution in [0.25, 0.3) is 0 Å². The Morgan fingerprint density at radius 3 is 2.02 bits per heavy atom. The van der Waals surface area contributed by atoms with Gasteiger partial charge >= 0.3 is 0 Å². The van der Waals surface area contributed by atoms with Gasteiger partial charge in [0.05, 0.1) is 17.5 Å². The van der Waals surface area contributed by atoms with E-state index in [1.54, 1.807) is 23.5 Å². The Bertz CT molecular complexity index is 1430. The number of hydrogen-bond donors (Lipinski definition) is 0. The Hall–Kier alpha value is -2.48. The number of benzene rings is 2. The molecule has 0 spiro atoms. The van der Waals surface area contributed by atoms with Crippen molar-refractivity contribution in [2.75, 3.05) is 13.1 Å². The molecule has 3 aromatic rings. The van der Waals surface area contributed by atoms with E-state index in [-0.39, 0.29) is 40.3 Å². The normalized spacial score (nSPS) is 17.1. The molecule has 0 saturated heterocycles. The zero-order chi connectivity index (χ0) is 29.5. The summed E-state index contributed by atoms with van der Waals surface area (Å²) >= 11 is 1.73. The SMILES string of the molecule is CCC(C)N(CC(=O)N1CCc2sccc2C1c1ccc(C(C)(C)C)cc1)S(=O)(=O)c1ccc(C(C)(C)C)cc1. The van der Waals surface area contributed by atoms with Gasteiger partial charge in [0.15, 0.2) is 0 Å². The molecule has 1 aliphatic heterocycles. The first-order chi connectivity index (χ1) is 18.6. The van der Waals surface area contributed by atoms with Gasteiger partial charge in [-0.1, -0.05) is 84.9 Å². The maximum atomic E-state index is 14.1. The molecule has 4 rings (SSSR count). The topological polar surface area (TPSA) is 57.7 Å². The van der Waals surface area contributed by atoms with Crippen LogP contribution in [-0.2, 0) is 32.1 Å². The van der Waals surface area contributed by atoms with E-state index >= 15 is 0 Å². The lowest BCUT2D eigenvalue weighted by Crippen LogP contribution is -2.49. The zero-order valence-corrected chi connectivity index (χ0v) is 26.8. The molecule has 1 aliphatic rings. The quantitative estimate of drug-likeness (QED) is 0.295. The number of rotatable bonds is 7. The van der Waals surface area contributed by atoms with E-state index in [2.05, 4.69) is 77.3 Å². The lowest BCUT2D eigenvalue weighted by Gasteiger charge is -2.38. The highest BCUT2D eigenvalue weighted by molar-refractivity contribution is 7.89. The summed E-state index contributed by atoms with van der Waals surface area (Å²) in [6, 6.07) is 17.2. The first kappa shape index (κ1) is 30.5. The van der Waals surface area contributed by atoms with Gasteiger partial charge in [0.2, 0.25) is 15.9 Å². The second-order valence-electron chi connectivity index (χ2n) is 13.0. The van der Waals surface area contributed by atoms with Crippen molar-refractivity contribution in [1.29, 1.82) is 0 Å². The molecule has 216 valence electrons. The molecule has 2 aromatic carbocycles. The van der Waals surface area contributed by atoms with Gasteiger partial charge in [0.1, 0.15) is 0 Å². The summed E-state index contributed by atoms with van der Waals surface area (Å²) < 4.78 is 29.2. The van der Waals surface area contributed by atoms with Crippen LogP contribution in [0.3, 0.4) is 0 Å². The molecule has 7 heteroatoms. The van der Waals surface area contributed by atoms with Gasteiger partial charge in [-0.25, -0.2) is 8.42 Å². The van der Waals surface area contributed by atoms with E-state index < -0.39 is 10.0 Å². The van der Waals surface area contributed by atoms with E-state index in [0.717, 1.165) is 23.1 Å². The average Bonchev–Trinajstić information content (AvgIpc) is 3.38. The Morgan fingerprint density at radius 1 is 0.950 bits per heavy atom. The predicted molar refractivity (Wildman–Crippen MR) is 166 cm³/mol. The predicted octanol–water partition coefficient (Wildman–Crippen LogP) is 7.31. The molecule has 2 atom stereocenters. The van der Waals surface area contributed by atoms with Crippen LogP contribution < -0.4 is 0 Å². The minimum atomic E-state index is -3.87. The highest BCUT2D eigenvalue weighted by atomic mass is 32.2. The van der Waals surface area contributed by atoms with Crippen LogP contribution in [0.4, 0.5) is 0 Å². The van der Waals surface area contributed by atoms with Gasteiger partial charge < -0.3 is 4.90 Å². The minimum Gasteiger partial charge on any atom is -0.330 e. The molecule has 2 heterocycles. The van der Waals surface area contributed by atoms with Crippen molar-refractivity contribution in [2.24, 2.45) is 0 Å². The van der Waals surface area contributed by atoms with Gasteiger partial charge in [0.25, 0.3) is 0 Å². The van der Waals surface area contributed by atoms with Gasteiger partial charge in [-0.2, -0.15) is 4.31 Å². The van der Waals surface area contributed by atoms with E-state index in [1.807, 2.05) is 30.9 Å². The molecule has 0 N–H and O–H groups in total. The van der Waals surface area contributed by atoms with Gasteiger partial charge in [0, 0.05) is 17.5 Å². The molecule has 1 aromatic heterocycles. The number of carbonyl (C=O) groups excluding carboxylic acids is 1. The van der Waals surface area contributed by atoms with E-state index in [9.17, 15) is 13.2 Å². The lowest BCUT2D eigenvalue weighted by atomic mass is 9.85. The van der Waals surface area contributed by atoms with E-state index in [0.29, 0.717) is 13.0 Å². The third kappa shape index (κ3) is 6.22. The van der Waals surface area contributed by atoms with Crippen LogP contribution in [0.1, 0.15) is 95.0 Å². The van der Waals surface area contributed by atoms with Crippen molar-refractivity contribution in [3.63, 3.8) is 0 Å². The van der Waals surface area contributed by atoms with Crippen LogP contribution in [0.15, 0.2) is 64.9 Å². The molecule has 0 fully saturated rings. The zero-order valence-electron chi connectivity index (χ0n) is 25.2. The number of thiophene rings is 1. The molecule has 0 saturated carbocycles. The average molecular weight is 581 g/mol. The number of carbonyl (C=O) groups is 1. The Labute approximate surface area is 245 Å². The molecule has 1 amide bonds. The van der Waals surface area contributed by atoms with Crippen molar-refractivity contribution in [3.8, 4) is 0 Å². The molecule has 0 radical (unpaired) electrons. The van der Waals surface area contributed by atoms with Gasteiger partial charge in [-0.05, 0) is 76.4 Å². The molecule has 5 nitrogen and oxygen atoms in total. The highest BCUT2D eigenvalue weighted by Crippen LogP contribution is 2.39. The Kier molecular flexibility index (Phi) is 8.70. The maximum Gasteiger partial charge on any atom is 0.243 e. The van der Waals surface area contributed by atoms with Crippen LogP contribution in [-0.4, -0.2) is 42.7 Å². The number of sulfonamides is 1. The number of amides is 1. The molecular formula is C33H44N2O3S2. The van der Waals surface area contributed by atoms with Crippen LogP contribution in [0.5, 0.6) is 0 Å². The number of nitrogens with zero attached hydrogens (tertiary/aromatic N) is 2. The summed E-state index contributed by atoms with van der Waals surface area (Å²) in [7, 11) is -3.87. The van der Waals surface area contributed by atoms with Crippen molar-refractivity contribution in [2.45, 2.75) is 96.0 Å². The Balaban J connectivity index is 1.67. The van der Waals surface area contributed by atoms with Crippen molar-refractivity contribution in [3.05, 3.63) is 87.1 Å². The fourth-order valence-corrected chi connectivity index (χ4v) is 7.84. The van der Waals surface area contributed by atoms with E-state index in [4.69, 9.17) is 0 Å². The second kappa shape index (κ2) is 11.4. The molecular weight excluding hydrogens is 537 g/mol. The molecule has 40 heavy (non-hydrogen) atoms. The smallest absolute Gasteiger partial charge is 0.243 e. The van der Waals surface area contributed by atoms with Crippen molar-refractivity contribution < 1.29 is 13.2 Å². The van der Waals surface area contributed by atoms with Gasteiger partial charge in [-0.3, -0.25) is 4.79 Å². The number of fused-ring (bicyclic) bond motifs is 1. The monoisotopic (exact) mass is 580 g/mol. The summed E-state index contributed by atoms with van der Waals surface area (Å²) in [6.45, 7) is 17.1. The minimum absolute atomic E-state index is 0.0321. The standard InChI is InChI=1S/C33H44N2O3S2/c1-9-23(2)35(40(37,38)27-16-14-26(15-17-27)33(6,7)8)22-30(36)34-20-18-29-28(19-21-39-29)31(34)24-10-12-25(13-11-24)32(3,4)5/h10-17,19,21,23,31H,9,18,20,22H2,1-8H3. The third-order valence-corrected chi connectivity index (χ3v) is 11.1. The first-order valence-electron chi connectivity index (χ1n) is 14.2. The van der Waals surface area contributed by atoms with Gasteiger partial charge in [-0.15, -0.1) is 11.3 Å². The molecule has 0 bridgehead atoms. The van der Waals surface area contributed by atoms with Crippen LogP contribution >= 0.6 is 11.3 Å². The first-order valence-corrected chi connectivity index (χ1v) is 16.5. The van der Waals surface area contributed by atoms with Crippen molar-refractivity contribution >= 4 is 27.3 Å². The summed E-state index contributed by atoms with van der Waals surface area (Å²) in [5.41, 5.74) is 4.45. The molecule has 2 unspecified atom stereocenters. The largest absolute Gasteiger partial charge is 0.330 e. The fourth-order valence-electron chi connectivity index (χ4n) is 5.28. The van der Waals surface area contributed by atoms with Crippen LogP contribution in [0, 0.1) is 0 Å². The maximum absolute atomic E-state index is 14.1. The number of hydrogen-bond acceptors (Lipinski definition) is 4. The summed E-state index contributed by atoms with van der Waals surface area (Å²) in [5.74, 6) is -0.170. The molecule has 0 aliphatic carbocycles.